The van der Waals surface area contributed by atoms with Crippen molar-refractivity contribution in [1.82, 2.24) is 10.2 Å². The van der Waals surface area contributed by atoms with Crippen LogP contribution in [0.4, 0.5) is 11.5 Å². The molecule has 0 unspecified atom stereocenters. The molecule has 2 aromatic rings. The minimum Gasteiger partial charge on any atom is -0.394 e. The van der Waals surface area contributed by atoms with Crippen molar-refractivity contribution in [2.75, 3.05) is 11.1 Å². The summed E-state index contributed by atoms with van der Waals surface area (Å²) in [6.07, 6.45) is 1.79. The number of nitrogen functional groups attached to an aromatic ring is 1. The zero-order valence-corrected chi connectivity index (χ0v) is 10.4. The van der Waals surface area contributed by atoms with Crippen molar-refractivity contribution in [3.05, 3.63) is 41.1 Å². The summed E-state index contributed by atoms with van der Waals surface area (Å²) in [5.41, 5.74) is 9.33. The van der Waals surface area contributed by atoms with E-state index >= 15 is 0 Å². The third-order valence-electron chi connectivity index (χ3n) is 2.79. The number of carbonyl (C=O) groups excluding carboxylic acids is 1. The van der Waals surface area contributed by atoms with Crippen LogP contribution < -0.4 is 11.1 Å². The highest BCUT2D eigenvalue weighted by atomic mass is 16.1. The van der Waals surface area contributed by atoms with Crippen molar-refractivity contribution in [2.45, 2.75) is 20.3 Å². The molecule has 0 bridgehead atoms. The Morgan fingerprint density at radius 1 is 1.44 bits per heavy atom. The van der Waals surface area contributed by atoms with Crippen LogP contribution in [0, 0.1) is 13.8 Å². The predicted octanol–water partition coefficient (Wildman–Crippen LogP) is 1.79. The molecule has 0 fully saturated rings. The number of anilines is 2. The molecule has 1 amide bonds. The highest BCUT2D eigenvalue weighted by molar-refractivity contribution is 5.93. The van der Waals surface area contributed by atoms with Crippen LogP contribution in [-0.4, -0.2) is 16.1 Å². The van der Waals surface area contributed by atoms with Crippen molar-refractivity contribution in [1.29, 1.82) is 0 Å². The summed E-state index contributed by atoms with van der Waals surface area (Å²) in [5.74, 6) is 0.338. The Morgan fingerprint density at radius 2 is 2.22 bits per heavy atom. The summed E-state index contributed by atoms with van der Waals surface area (Å²) in [7, 11) is 0. The highest BCUT2D eigenvalue weighted by Gasteiger charge is 2.09. The largest absolute Gasteiger partial charge is 0.394 e. The molecule has 5 heteroatoms. The van der Waals surface area contributed by atoms with Crippen molar-refractivity contribution < 1.29 is 4.79 Å². The maximum Gasteiger partial charge on any atom is 0.230 e. The molecule has 0 aliphatic heterocycles. The Labute approximate surface area is 105 Å². The Balaban J connectivity index is 2.08. The lowest BCUT2D eigenvalue weighted by molar-refractivity contribution is -0.115. The minimum absolute atomic E-state index is 0.111. The van der Waals surface area contributed by atoms with Gasteiger partial charge in [0.05, 0.1) is 18.3 Å². The summed E-state index contributed by atoms with van der Waals surface area (Å²) >= 11 is 0. The molecule has 4 N–H and O–H groups in total. The lowest BCUT2D eigenvalue weighted by atomic mass is 10.0. The average Bonchev–Trinajstić information content (AvgIpc) is 2.70. The van der Waals surface area contributed by atoms with Crippen LogP contribution in [0.1, 0.15) is 16.7 Å². The van der Waals surface area contributed by atoms with Crippen LogP contribution in [0.15, 0.2) is 24.4 Å². The summed E-state index contributed by atoms with van der Waals surface area (Å²) < 4.78 is 0. The molecule has 1 heterocycles. The first-order valence-corrected chi connectivity index (χ1v) is 5.71. The number of H-pyrrole nitrogens is 1. The summed E-state index contributed by atoms with van der Waals surface area (Å²) in [5, 5.41) is 9.09. The molecule has 0 saturated heterocycles. The van der Waals surface area contributed by atoms with Crippen molar-refractivity contribution in [2.24, 2.45) is 0 Å². The third kappa shape index (κ3) is 2.68. The van der Waals surface area contributed by atoms with E-state index in [4.69, 9.17) is 5.73 Å². The molecule has 2 rings (SSSR count). The monoisotopic (exact) mass is 244 g/mol. The van der Waals surface area contributed by atoms with E-state index in [1.165, 1.54) is 6.20 Å². The first-order valence-electron chi connectivity index (χ1n) is 5.71. The van der Waals surface area contributed by atoms with Gasteiger partial charge in [-0.05, 0) is 25.0 Å². The number of hydrogen-bond acceptors (Lipinski definition) is 3. The molecule has 1 aromatic heterocycles. The van der Waals surface area contributed by atoms with Crippen molar-refractivity contribution >= 4 is 17.4 Å². The molecule has 5 nitrogen and oxygen atoms in total. The van der Waals surface area contributed by atoms with E-state index < -0.39 is 0 Å². The van der Waals surface area contributed by atoms with E-state index in [-0.39, 0.29) is 5.91 Å². The molecule has 0 aliphatic carbocycles. The van der Waals surface area contributed by atoms with Crippen LogP contribution in [0.2, 0.25) is 0 Å². The molecular formula is C13H16N4O. The highest BCUT2D eigenvalue weighted by Crippen LogP contribution is 2.15. The fourth-order valence-corrected chi connectivity index (χ4v) is 1.74. The van der Waals surface area contributed by atoms with E-state index in [0.717, 1.165) is 16.7 Å². The van der Waals surface area contributed by atoms with Crippen molar-refractivity contribution in [3.63, 3.8) is 0 Å². The van der Waals surface area contributed by atoms with Gasteiger partial charge >= 0.3 is 0 Å². The molecule has 18 heavy (non-hydrogen) atoms. The summed E-state index contributed by atoms with van der Waals surface area (Å²) in [6.45, 7) is 4.00. The number of nitrogens with two attached hydrogens (primary N) is 1. The molecular weight excluding hydrogens is 228 g/mol. The molecule has 0 atom stereocenters. The number of carbonyl (C=O) groups is 1. The number of rotatable bonds is 3. The van der Waals surface area contributed by atoms with Gasteiger partial charge in [-0.3, -0.25) is 9.89 Å². The molecule has 0 radical (unpaired) electrons. The van der Waals surface area contributed by atoms with Gasteiger partial charge in [-0.1, -0.05) is 23.8 Å². The number of hydrogen-bond donors (Lipinski definition) is 3. The zero-order valence-electron chi connectivity index (χ0n) is 10.4. The number of benzene rings is 1. The van der Waals surface area contributed by atoms with Crippen molar-refractivity contribution in [3.8, 4) is 0 Å². The van der Waals surface area contributed by atoms with Gasteiger partial charge < -0.3 is 11.1 Å². The van der Waals surface area contributed by atoms with Gasteiger partial charge in [0.1, 0.15) is 0 Å². The average molecular weight is 244 g/mol. The van der Waals surface area contributed by atoms with Crippen LogP contribution in [0.25, 0.3) is 0 Å². The molecule has 94 valence electrons. The Bertz CT molecular complexity index is 574. The second-order valence-corrected chi connectivity index (χ2v) is 4.36. The van der Waals surface area contributed by atoms with Gasteiger partial charge in [-0.15, -0.1) is 0 Å². The SMILES string of the molecule is Cc1ccc(C)c(CC(=O)Nc2[nH]ncc2N)c1. The molecule has 0 aliphatic rings. The van der Waals surface area contributed by atoms with E-state index in [1.54, 1.807) is 0 Å². The van der Waals surface area contributed by atoms with E-state index in [2.05, 4.69) is 15.5 Å². The predicted molar refractivity (Wildman–Crippen MR) is 71.2 cm³/mol. The second kappa shape index (κ2) is 4.91. The number of amides is 1. The van der Waals surface area contributed by atoms with Crippen LogP contribution in [-0.2, 0) is 11.2 Å². The maximum atomic E-state index is 11.9. The minimum atomic E-state index is -0.111. The summed E-state index contributed by atoms with van der Waals surface area (Å²) in [4.78, 5) is 11.9. The topological polar surface area (TPSA) is 83.8 Å². The van der Waals surface area contributed by atoms with E-state index in [1.807, 2.05) is 32.0 Å². The van der Waals surface area contributed by atoms with E-state index in [9.17, 15) is 4.79 Å². The van der Waals surface area contributed by atoms with Gasteiger partial charge in [0.2, 0.25) is 5.91 Å². The fraction of sp³-hybridized carbons (Fsp3) is 0.231. The Hall–Kier alpha value is -2.30. The first kappa shape index (κ1) is 12.2. The molecule has 1 aromatic carbocycles. The quantitative estimate of drug-likeness (QED) is 0.769. The maximum absolute atomic E-state index is 11.9. The number of nitrogens with zero attached hydrogens (tertiary/aromatic N) is 1. The normalized spacial score (nSPS) is 10.3. The second-order valence-electron chi connectivity index (χ2n) is 4.36. The fourth-order valence-electron chi connectivity index (χ4n) is 1.74. The molecule has 0 saturated carbocycles. The third-order valence-corrected chi connectivity index (χ3v) is 2.79. The van der Waals surface area contributed by atoms with Crippen LogP contribution >= 0.6 is 0 Å². The number of aromatic nitrogens is 2. The lowest BCUT2D eigenvalue weighted by Gasteiger charge is -2.07. The van der Waals surface area contributed by atoms with Gasteiger partial charge in [0, 0.05) is 0 Å². The number of aromatic amines is 1. The van der Waals surface area contributed by atoms with Crippen LogP contribution in [0.3, 0.4) is 0 Å². The molecule has 0 spiro atoms. The Kier molecular flexibility index (Phi) is 3.32. The number of aryl methyl sites for hydroxylation is 2. The van der Waals surface area contributed by atoms with Gasteiger partial charge in [0.25, 0.3) is 0 Å². The van der Waals surface area contributed by atoms with Gasteiger partial charge in [-0.25, -0.2) is 0 Å². The zero-order chi connectivity index (χ0) is 13.1. The smallest absolute Gasteiger partial charge is 0.230 e. The van der Waals surface area contributed by atoms with E-state index in [0.29, 0.717) is 17.9 Å². The first-order chi connectivity index (χ1) is 8.56. The number of nitrogens with one attached hydrogen (secondary N) is 2. The standard InChI is InChI=1S/C13H16N4O/c1-8-3-4-9(2)10(5-8)6-12(18)16-13-11(14)7-15-17-13/h3-5,7H,6,14H2,1-2H3,(H2,15,16,17,18). The summed E-state index contributed by atoms with van der Waals surface area (Å²) in [6, 6.07) is 6.07. The lowest BCUT2D eigenvalue weighted by Crippen LogP contribution is -2.16. The van der Waals surface area contributed by atoms with Gasteiger partial charge in [-0.2, -0.15) is 5.10 Å². The van der Waals surface area contributed by atoms with Crippen LogP contribution in [0.5, 0.6) is 0 Å². The van der Waals surface area contributed by atoms with Gasteiger partial charge in [0.15, 0.2) is 5.82 Å². The Morgan fingerprint density at radius 3 is 2.89 bits per heavy atom.